The minimum absolute atomic E-state index is 0.448. The summed E-state index contributed by atoms with van der Waals surface area (Å²) >= 11 is 0. The molecule has 0 saturated heterocycles. The summed E-state index contributed by atoms with van der Waals surface area (Å²) < 4.78 is 5.27. The van der Waals surface area contributed by atoms with Crippen LogP contribution in [0.3, 0.4) is 0 Å². The van der Waals surface area contributed by atoms with Crippen molar-refractivity contribution < 1.29 is 9.53 Å². The highest BCUT2D eigenvalue weighted by Gasteiger charge is 2.16. The highest BCUT2D eigenvalue weighted by atomic mass is 16.6. The predicted octanol–water partition coefficient (Wildman–Crippen LogP) is 3.80. The maximum absolute atomic E-state index is 11.8. The molecule has 0 bridgehead atoms. The average Bonchev–Trinajstić information content (AvgIpc) is 3.10. The molecule has 1 aromatic heterocycles. The number of nitrogens with one attached hydrogen (secondary N) is 4. The summed E-state index contributed by atoms with van der Waals surface area (Å²) in [5, 5.41) is 16.4. The molecule has 0 unspecified atom stereocenters. The molecule has 31 heavy (non-hydrogen) atoms. The third kappa shape index (κ3) is 9.55. The number of amides is 1. The molecule has 0 fully saturated rings. The molecule has 4 N–H and O–H groups in total. The molecule has 8 nitrogen and oxygen atoms in total. The summed E-state index contributed by atoms with van der Waals surface area (Å²) in [7, 11) is 0. The van der Waals surface area contributed by atoms with Gasteiger partial charge in [-0.2, -0.15) is 5.10 Å². The minimum atomic E-state index is -0.514. The number of benzene rings is 1. The van der Waals surface area contributed by atoms with Gasteiger partial charge in [0, 0.05) is 31.0 Å². The van der Waals surface area contributed by atoms with E-state index in [0.29, 0.717) is 5.69 Å². The molecule has 0 radical (unpaired) electrons. The number of H-pyrrole nitrogens is 1. The van der Waals surface area contributed by atoms with Crippen LogP contribution in [0.25, 0.3) is 0 Å². The molecular weight excluding hydrogens is 392 g/mol. The van der Waals surface area contributed by atoms with Crippen molar-refractivity contribution in [1.82, 2.24) is 20.8 Å². The second-order valence-corrected chi connectivity index (χ2v) is 8.39. The van der Waals surface area contributed by atoms with Crippen LogP contribution >= 0.6 is 0 Å². The van der Waals surface area contributed by atoms with Gasteiger partial charge >= 0.3 is 6.09 Å². The first kappa shape index (κ1) is 24.2. The lowest BCUT2D eigenvalue weighted by Gasteiger charge is -2.19. The van der Waals surface area contributed by atoms with E-state index in [9.17, 15) is 4.79 Å². The number of ether oxygens (including phenoxy) is 1. The van der Waals surface area contributed by atoms with Gasteiger partial charge in [-0.25, -0.2) is 4.79 Å². The van der Waals surface area contributed by atoms with E-state index >= 15 is 0 Å². The average molecular weight is 429 g/mol. The topological polar surface area (TPSA) is 103 Å². The molecule has 2 aromatic rings. The fraction of sp³-hybridized carbons (Fsp3) is 0.522. The smallest absolute Gasteiger partial charge is 0.412 e. The van der Waals surface area contributed by atoms with Gasteiger partial charge in [-0.05, 0) is 77.1 Å². The van der Waals surface area contributed by atoms with Gasteiger partial charge < -0.3 is 15.4 Å². The summed E-state index contributed by atoms with van der Waals surface area (Å²) in [6.45, 7) is 12.0. The Hall–Kier alpha value is -3.03. The number of aliphatic imine (C=N–C) groups is 1. The zero-order valence-electron chi connectivity index (χ0n) is 19.3. The van der Waals surface area contributed by atoms with Crippen molar-refractivity contribution in [3.8, 4) is 0 Å². The van der Waals surface area contributed by atoms with E-state index in [1.807, 2.05) is 58.2 Å². The number of aryl methyl sites for hydroxylation is 2. The Kier molecular flexibility index (Phi) is 9.37. The third-order valence-corrected chi connectivity index (χ3v) is 4.46. The van der Waals surface area contributed by atoms with Crippen LogP contribution in [0.15, 0.2) is 35.5 Å². The number of guanidine groups is 1. The van der Waals surface area contributed by atoms with Crippen molar-refractivity contribution in [3.05, 3.63) is 47.3 Å². The zero-order chi connectivity index (χ0) is 22.7. The van der Waals surface area contributed by atoms with Crippen molar-refractivity contribution in [3.63, 3.8) is 0 Å². The molecule has 0 saturated carbocycles. The first-order valence-corrected chi connectivity index (χ1v) is 10.9. The van der Waals surface area contributed by atoms with Gasteiger partial charge in [-0.1, -0.05) is 12.1 Å². The van der Waals surface area contributed by atoms with Crippen LogP contribution in [0.1, 0.15) is 50.9 Å². The number of anilines is 1. The Balaban J connectivity index is 1.74. The normalized spacial score (nSPS) is 11.8. The second-order valence-electron chi connectivity index (χ2n) is 8.39. The van der Waals surface area contributed by atoms with E-state index in [4.69, 9.17) is 4.74 Å². The van der Waals surface area contributed by atoms with E-state index < -0.39 is 11.7 Å². The van der Waals surface area contributed by atoms with Crippen LogP contribution in [-0.2, 0) is 17.6 Å². The number of carbonyl (C=O) groups excluding carboxylic acids is 1. The van der Waals surface area contributed by atoms with E-state index in [0.717, 1.165) is 50.6 Å². The maximum Gasteiger partial charge on any atom is 0.412 e. The first-order valence-electron chi connectivity index (χ1n) is 10.9. The minimum Gasteiger partial charge on any atom is -0.444 e. The monoisotopic (exact) mass is 428 g/mol. The molecule has 0 atom stereocenters. The van der Waals surface area contributed by atoms with Gasteiger partial charge in [0.05, 0.1) is 6.20 Å². The lowest BCUT2D eigenvalue weighted by Crippen LogP contribution is -2.38. The molecule has 0 spiro atoms. The van der Waals surface area contributed by atoms with Crippen molar-refractivity contribution in [2.24, 2.45) is 4.99 Å². The standard InChI is InChI=1S/C23H36N6O2/c1-6-24-21(25-14-7-8-19-16-27-29-17(19)2)26-15-13-18-9-11-20(12-10-18)28-22(30)31-23(3,4)5/h9-12,16H,6-8,13-15H2,1-5H3,(H,27,29)(H,28,30)(H2,24,25,26). The molecule has 1 amide bonds. The molecular formula is C23H36N6O2. The Morgan fingerprint density at radius 2 is 1.90 bits per heavy atom. The summed E-state index contributed by atoms with van der Waals surface area (Å²) in [5.41, 5.74) is 3.75. The summed E-state index contributed by atoms with van der Waals surface area (Å²) in [6.07, 6.45) is 4.23. The van der Waals surface area contributed by atoms with Crippen LogP contribution in [0.5, 0.6) is 0 Å². The Morgan fingerprint density at radius 3 is 2.52 bits per heavy atom. The molecule has 8 heteroatoms. The van der Waals surface area contributed by atoms with Gasteiger partial charge in [-0.15, -0.1) is 0 Å². The lowest BCUT2D eigenvalue weighted by molar-refractivity contribution is 0.0636. The summed E-state index contributed by atoms with van der Waals surface area (Å²) in [6, 6.07) is 7.78. The fourth-order valence-electron chi connectivity index (χ4n) is 2.93. The Bertz CT molecular complexity index is 836. The molecule has 0 aliphatic heterocycles. The Labute approximate surface area is 185 Å². The Morgan fingerprint density at radius 1 is 1.16 bits per heavy atom. The van der Waals surface area contributed by atoms with Gasteiger partial charge in [0.1, 0.15) is 5.60 Å². The molecule has 1 heterocycles. The van der Waals surface area contributed by atoms with Crippen LogP contribution in [0, 0.1) is 6.92 Å². The maximum atomic E-state index is 11.8. The van der Waals surface area contributed by atoms with E-state index in [1.165, 1.54) is 11.1 Å². The number of nitrogens with zero attached hydrogens (tertiary/aromatic N) is 2. The molecule has 0 aliphatic rings. The van der Waals surface area contributed by atoms with Crippen LogP contribution in [0.4, 0.5) is 10.5 Å². The zero-order valence-corrected chi connectivity index (χ0v) is 19.3. The number of aromatic amines is 1. The highest BCUT2D eigenvalue weighted by molar-refractivity contribution is 5.84. The predicted molar refractivity (Wildman–Crippen MR) is 126 cm³/mol. The first-order chi connectivity index (χ1) is 14.8. The van der Waals surface area contributed by atoms with E-state index in [1.54, 1.807) is 0 Å². The van der Waals surface area contributed by atoms with Crippen molar-refractivity contribution in [2.75, 3.05) is 25.0 Å². The lowest BCUT2D eigenvalue weighted by atomic mass is 10.1. The molecule has 170 valence electrons. The molecule has 2 rings (SSSR count). The number of hydrogen-bond donors (Lipinski definition) is 4. The largest absolute Gasteiger partial charge is 0.444 e. The van der Waals surface area contributed by atoms with Gasteiger partial charge in [-0.3, -0.25) is 15.4 Å². The van der Waals surface area contributed by atoms with Crippen LogP contribution in [0.2, 0.25) is 0 Å². The van der Waals surface area contributed by atoms with Gasteiger partial charge in [0.15, 0.2) is 5.96 Å². The number of hydrogen-bond acceptors (Lipinski definition) is 4. The van der Waals surface area contributed by atoms with E-state index in [2.05, 4.69) is 38.1 Å². The van der Waals surface area contributed by atoms with Crippen molar-refractivity contribution >= 4 is 17.7 Å². The SMILES string of the molecule is CCNC(=NCCCc1cn[nH]c1C)NCCc1ccc(NC(=O)OC(C)(C)C)cc1. The van der Waals surface area contributed by atoms with Gasteiger partial charge in [0.2, 0.25) is 0 Å². The summed E-state index contributed by atoms with van der Waals surface area (Å²) in [5.74, 6) is 0.828. The fourth-order valence-corrected chi connectivity index (χ4v) is 2.93. The number of rotatable bonds is 9. The van der Waals surface area contributed by atoms with Crippen molar-refractivity contribution in [2.45, 2.75) is 59.5 Å². The highest BCUT2D eigenvalue weighted by Crippen LogP contribution is 2.13. The third-order valence-electron chi connectivity index (χ3n) is 4.46. The van der Waals surface area contributed by atoms with Crippen molar-refractivity contribution in [1.29, 1.82) is 0 Å². The second kappa shape index (κ2) is 12.0. The quantitative estimate of drug-likeness (QED) is 0.276. The van der Waals surface area contributed by atoms with Gasteiger partial charge in [0.25, 0.3) is 0 Å². The molecule has 0 aliphatic carbocycles. The number of carbonyl (C=O) groups is 1. The number of aromatic nitrogens is 2. The van der Waals surface area contributed by atoms with Crippen LogP contribution < -0.4 is 16.0 Å². The molecule has 1 aromatic carbocycles. The van der Waals surface area contributed by atoms with Crippen LogP contribution in [-0.4, -0.2) is 47.5 Å². The summed E-state index contributed by atoms with van der Waals surface area (Å²) in [4.78, 5) is 16.5. The van der Waals surface area contributed by atoms with E-state index in [-0.39, 0.29) is 0 Å².